The number of aliphatic hydroxyl groups excluding tert-OH is 1. The third kappa shape index (κ3) is 4.74. The topological polar surface area (TPSA) is 91.3 Å². The molecule has 0 amide bonds. The van der Waals surface area contributed by atoms with E-state index in [2.05, 4.69) is 0 Å². The second-order valence-corrected chi connectivity index (χ2v) is 9.39. The molecule has 0 radical (unpaired) electrons. The van der Waals surface area contributed by atoms with Crippen LogP contribution in [0.3, 0.4) is 0 Å². The van der Waals surface area contributed by atoms with Crippen molar-refractivity contribution < 1.29 is 33.6 Å². The minimum atomic E-state index is -1.01. The third-order valence-corrected chi connectivity index (χ3v) is 7.67. The molecule has 0 aromatic heterocycles. The van der Waals surface area contributed by atoms with Crippen LogP contribution in [-0.2, 0) is 14.3 Å². The third-order valence-electron chi connectivity index (χ3n) is 7.67. The quantitative estimate of drug-likeness (QED) is 0.458. The zero-order chi connectivity index (χ0) is 25.0. The number of esters is 2. The van der Waals surface area contributed by atoms with Crippen molar-refractivity contribution in [3.05, 3.63) is 54.1 Å². The molecule has 0 heterocycles. The first-order chi connectivity index (χ1) is 16.9. The molecule has 1 spiro atoms. The molecule has 2 aromatic rings. The Kier molecular flexibility index (Phi) is 7.65. The van der Waals surface area contributed by atoms with Crippen LogP contribution in [-0.4, -0.2) is 44.0 Å². The van der Waals surface area contributed by atoms with Crippen molar-refractivity contribution in [2.24, 2.45) is 17.3 Å². The highest BCUT2D eigenvalue weighted by molar-refractivity contribution is 5.83. The van der Waals surface area contributed by atoms with E-state index < -0.39 is 41.2 Å². The second kappa shape index (κ2) is 10.7. The van der Waals surface area contributed by atoms with E-state index in [9.17, 15) is 14.7 Å². The van der Waals surface area contributed by atoms with Crippen LogP contribution in [0.1, 0.15) is 50.5 Å². The highest BCUT2D eigenvalue weighted by atomic mass is 16.5. The van der Waals surface area contributed by atoms with Gasteiger partial charge < -0.3 is 24.1 Å². The number of methoxy groups -OCH3 is 2. The lowest BCUT2D eigenvalue weighted by atomic mass is 9.64. The van der Waals surface area contributed by atoms with Crippen molar-refractivity contribution >= 4 is 11.9 Å². The van der Waals surface area contributed by atoms with E-state index >= 15 is 0 Å². The summed E-state index contributed by atoms with van der Waals surface area (Å²) in [6.07, 6.45) is 3.09. The molecule has 2 aliphatic rings. The molecule has 188 valence electrons. The number of rotatable bonds is 7. The fourth-order valence-corrected chi connectivity index (χ4v) is 6.06. The number of aliphatic hydroxyl groups is 1. The lowest BCUT2D eigenvalue weighted by Gasteiger charge is -2.41. The van der Waals surface area contributed by atoms with Crippen LogP contribution >= 0.6 is 0 Å². The van der Waals surface area contributed by atoms with Crippen LogP contribution in [0.15, 0.2) is 48.5 Å². The van der Waals surface area contributed by atoms with E-state index in [-0.39, 0.29) is 6.61 Å². The SMILES string of the molecule is CCOC(=O)C1C(c2ccc(OC)cc2)C(C(=O)Oc2ccc(OC)cc2)C2(CCCCC2)C1O. The Morgan fingerprint density at radius 1 is 0.857 bits per heavy atom. The smallest absolute Gasteiger partial charge is 0.315 e. The number of carbonyl (C=O) groups is 2. The summed E-state index contributed by atoms with van der Waals surface area (Å²) in [6.45, 7) is 1.94. The van der Waals surface area contributed by atoms with Gasteiger partial charge in [-0.2, -0.15) is 0 Å². The largest absolute Gasteiger partial charge is 0.497 e. The van der Waals surface area contributed by atoms with E-state index in [0.29, 0.717) is 30.1 Å². The molecule has 4 unspecified atom stereocenters. The molecule has 4 rings (SSSR count). The van der Waals surface area contributed by atoms with Crippen molar-refractivity contribution in [2.75, 3.05) is 20.8 Å². The molecule has 2 aromatic carbocycles. The van der Waals surface area contributed by atoms with E-state index in [1.807, 2.05) is 24.3 Å². The molecule has 7 nitrogen and oxygen atoms in total. The summed E-state index contributed by atoms with van der Waals surface area (Å²) in [6, 6.07) is 14.1. The molecule has 2 fully saturated rings. The van der Waals surface area contributed by atoms with Gasteiger partial charge in [-0.1, -0.05) is 31.4 Å². The number of hydrogen-bond donors (Lipinski definition) is 1. The lowest BCUT2D eigenvalue weighted by molar-refractivity contribution is -0.154. The average molecular weight is 483 g/mol. The molecular formula is C28H34O7. The van der Waals surface area contributed by atoms with Crippen molar-refractivity contribution in [2.45, 2.75) is 51.0 Å². The molecule has 0 bridgehead atoms. The molecule has 7 heteroatoms. The first kappa shape index (κ1) is 25.0. The Balaban J connectivity index is 1.78. The van der Waals surface area contributed by atoms with Gasteiger partial charge in [0.25, 0.3) is 0 Å². The zero-order valence-electron chi connectivity index (χ0n) is 20.6. The van der Waals surface area contributed by atoms with Crippen molar-refractivity contribution in [1.29, 1.82) is 0 Å². The predicted molar refractivity (Wildman–Crippen MR) is 130 cm³/mol. The van der Waals surface area contributed by atoms with Gasteiger partial charge in [-0.25, -0.2) is 0 Å². The summed E-state index contributed by atoms with van der Waals surface area (Å²) < 4.78 is 21.8. The minimum Gasteiger partial charge on any atom is -0.497 e. The van der Waals surface area contributed by atoms with Crippen LogP contribution in [0, 0.1) is 17.3 Å². The first-order valence-corrected chi connectivity index (χ1v) is 12.3. The van der Waals surface area contributed by atoms with E-state index in [1.165, 1.54) is 0 Å². The number of hydrogen-bond acceptors (Lipinski definition) is 7. The van der Waals surface area contributed by atoms with Crippen LogP contribution in [0.25, 0.3) is 0 Å². The Bertz CT molecular complexity index is 1010. The maximum absolute atomic E-state index is 13.9. The molecule has 35 heavy (non-hydrogen) atoms. The number of ether oxygens (including phenoxy) is 4. The van der Waals surface area contributed by atoms with Crippen LogP contribution in [0.4, 0.5) is 0 Å². The summed E-state index contributed by atoms with van der Waals surface area (Å²) in [5.41, 5.74) is 0.0196. The molecule has 0 aliphatic heterocycles. The monoisotopic (exact) mass is 482 g/mol. The second-order valence-electron chi connectivity index (χ2n) is 9.39. The Morgan fingerprint density at radius 2 is 1.40 bits per heavy atom. The summed E-state index contributed by atoms with van der Waals surface area (Å²) in [4.78, 5) is 27.1. The highest BCUT2D eigenvalue weighted by Crippen LogP contribution is 2.61. The van der Waals surface area contributed by atoms with E-state index in [1.54, 1.807) is 45.4 Å². The van der Waals surface area contributed by atoms with Crippen molar-refractivity contribution in [3.8, 4) is 17.2 Å². The Hall–Kier alpha value is -3.06. The summed E-state index contributed by atoms with van der Waals surface area (Å²) in [7, 11) is 3.16. The Morgan fingerprint density at radius 3 is 1.94 bits per heavy atom. The van der Waals surface area contributed by atoms with Gasteiger partial charge in [0.1, 0.15) is 17.2 Å². The normalized spacial score (nSPS) is 25.1. The van der Waals surface area contributed by atoms with E-state index in [4.69, 9.17) is 18.9 Å². The average Bonchev–Trinajstić information content (AvgIpc) is 3.13. The van der Waals surface area contributed by atoms with Crippen LogP contribution in [0.2, 0.25) is 0 Å². The first-order valence-electron chi connectivity index (χ1n) is 12.3. The van der Waals surface area contributed by atoms with Gasteiger partial charge in [0.15, 0.2) is 0 Å². The highest BCUT2D eigenvalue weighted by Gasteiger charge is 2.65. The number of carbonyl (C=O) groups excluding carboxylic acids is 2. The van der Waals surface area contributed by atoms with Crippen molar-refractivity contribution in [3.63, 3.8) is 0 Å². The molecular weight excluding hydrogens is 448 g/mol. The van der Waals surface area contributed by atoms with Crippen LogP contribution < -0.4 is 14.2 Å². The number of benzene rings is 2. The van der Waals surface area contributed by atoms with Gasteiger partial charge in [0.2, 0.25) is 0 Å². The molecule has 2 saturated carbocycles. The van der Waals surface area contributed by atoms with Crippen molar-refractivity contribution in [1.82, 2.24) is 0 Å². The fraction of sp³-hybridized carbons (Fsp3) is 0.500. The molecule has 1 N–H and O–H groups in total. The van der Waals surface area contributed by atoms with Gasteiger partial charge in [0.05, 0.1) is 38.8 Å². The van der Waals surface area contributed by atoms with Gasteiger partial charge in [-0.05, 0) is 61.7 Å². The maximum atomic E-state index is 13.9. The predicted octanol–water partition coefficient (Wildman–Crippen LogP) is 4.51. The summed E-state index contributed by atoms with van der Waals surface area (Å²) in [5.74, 6) is -1.36. The van der Waals surface area contributed by atoms with Gasteiger partial charge in [-0.3, -0.25) is 9.59 Å². The fourth-order valence-electron chi connectivity index (χ4n) is 6.06. The minimum absolute atomic E-state index is 0.200. The lowest BCUT2D eigenvalue weighted by Crippen LogP contribution is -2.44. The van der Waals surface area contributed by atoms with Gasteiger partial charge in [-0.15, -0.1) is 0 Å². The zero-order valence-corrected chi connectivity index (χ0v) is 20.6. The van der Waals surface area contributed by atoms with E-state index in [0.717, 1.165) is 24.8 Å². The molecule has 0 saturated heterocycles. The maximum Gasteiger partial charge on any atom is 0.315 e. The summed E-state index contributed by atoms with van der Waals surface area (Å²) >= 11 is 0. The molecule has 2 aliphatic carbocycles. The standard InChI is InChI=1S/C28H34O7/c1-4-34-26(30)23-22(18-8-10-19(32-2)11-9-18)24(28(25(23)29)16-6-5-7-17-28)27(31)35-21-14-12-20(33-3)13-15-21/h8-15,22-25,29H,4-7,16-17H2,1-3H3. The summed E-state index contributed by atoms with van der Waals surface area (Å²) in [5, 5.41) is 11.7. The Labute approximate surface area is 206 Å². The molecule has 4 atom stereocenters. The van der Waals surface area contributed by atoms with Crippen LogP contribution in [0.5, 0.6) is 17.2 Å². The van der Waals surface area contributed by atoms with Gasteiger partial charge >= 0.3 is 11.9 Å². The van der Waals surface area contributed by atoms with Gasteiger partial charge in [0, 0.05) is 11.3 Å².